The van der Waals surface area contributed by atoms with Crippen molar-refractivity contribution >= 4 is 29.7 Å². The summed E-state index contributed by atoms with van der Waals surface area (Å²) in [6, 6.07) is 5.22. The highest BCUT2D eigenvalue weighted by Crippen LogP contribution is 2.26. The van der Waals surface area contributed by atoms with Gasteiger partial charge < -0.3 is 20.5 Å². The fraction of sp³-hybridized carbons (Fsp3) is 0.588. The molecular weight excluding hydrogens is 316 g/mol. The number of hydrogen-bond donors (Lipinski definition) is 2. The number of amides is 1. The highest BCUT2D eigenvalue weighted by Gasteiger charge is 2.23. The number of benzene rings is 1. The number of hydrogen-bond acceptors (Lipinski definition) is 4. The van der Waals surface area contributed by atoms with E-state index in [4.69, 9.17) is 15.2 Å². The Balaban J connectivity index is 0.00000264. The van der Waals surface area contributed by atoms with Crippen molar-refractivity contribution in [3.8, 4) is 5.75 Å². The largest absolute Gasteiger partial charge is 0.495 e. The molecule has 1 aliphatic carbocycles. The minimum absolute atomic E-state index is 0. The number of nitrogens with one attached hydrogen (secondary N) is 1. The molecule has 1 aliphatic rings. The molecule has 0 radical (unpaired) electrons. The molecule has 1 aromatic rings. The normalized spacial score (nSPS) is 16.3. The monoisotopic (exact) mass is 342 g/mol. The molecule has 0 bridgehead atoms. The quantitative estimate of drug-likeness (QED) is 0.772. The summed E-state index contributed by atoms with van der Waals surface area (Å²) >= 11 is 0. The van der Waals surface area contributed by atoms with E-state index in [1.54, 1.807) is 25.3 Å². The van der Waals surface area contributed by atoms with Gasteiger partial charge in [0.15, 0.2) is 0 Å². The summed E-state index contributed by atoms with van der Waals surface area (Å²) in [5, 5.41) is 2.88. The van der Waals surface area contributed by atoms with Gasteiger partial charge in [0, 0.05) is 5.69 Å². The Morgan fingerprint density at radius 3 is 2.61 bits per heavy atom. The van der Waals surface area contributed by atoms with Crippen LogP contribution in [0.1, 0.15) is 45.4 Å². The van der Waals surface area contributed by atoms with Crippen LogP contribution in [-0.2, 0) is 9.53 Å². The summed E-state index contributed by atoms with van der Waals surface area (Å²) in [5.41, 5.74) is 7.02. The Hall–Kier alpha value is -1.46. The van der Waals surface area contributed by atoms with Gasteiger partial charge >= 0.3 is 0 Å². The van der Waals surface area contributed by atoms with E-state index in [2.05, 4.69) is 5.32 Å². The van der Waals surface area contributed by atoms with E-state index < -0.39 is 6.10 Å². The number of ether oxygens (including phenoxy) is 2. The van der Waals surface area contributed by atoms with Gasteiger partial charge in [0.1, 0.15) is 11.9 Å². The molecule has 1 fully saturated rings. The van der Waals surface area contributed by atoms with Crippen LogP contribution in [0.2, 0.25) is 0 Å². The maximum absolute atomic E-state index is 12.4. The Labute approximate surface area is 144 Å². The van der Waals surface area contributed by atoms with Gasteiger partial charge in [-0.05, 0) is 37.5 Å². The second-order valence-electron chi connectivity index (χ2n) is 5.74. The molecular formula is C17H27ClN2O3. The summed E-state index contributed by atoms with van der Waals surface area (Å²) in [4.78, 5) is 12.4. The molecule has 1 amide bonds. The Kier molecular flexibility index (Phi) is 8.20. The van der Waals surface area contributed by atoms with E-state index in [9.17, 15) is 4.79 Å². The molecule has 3 N–H and O–H groups in total. The molecule has 130 valence electrons. The van der Waals surface area contributed by atoms with Crippen molar-refractivity contribution in [2.75, 3.05) is 18.2 Å². The van der Waals surface area contributed by atoms with Gasteiger partial charge in [-0.1, -0.05) is 26.2 Å². The zero-order valence-electron chi connectivity index (χ0n) is 13.8. The average molecular weight is 343 g/mol. The molecule has 1 saturated carbocycles. The van der Waals surface area contributed by atoms with Gasteiger partial charge in [0.25, 0.3) is 5.91 Å². The summed E-state index contributed by atoms with van der Waals surface area (Å²) < 4.78 is 11.1. The van der Waals surface area contributed by atoms with Crippen molar-refractivity contribution in [2.24, 2.45) is 0 Å². The molecule has 0 heterocycles. The molecule has 1 atom stereocenters. The average Bonchev–Trinajstić information content (AvgIpc) is 2.53. The first-order chi connectivity index (χ1) is 10.6. The van der Waals surface area contributed by atoms with Crippen LogP contribution in [0.15, 0.2) is 18.2 Å². The topological polar surface area (TPSA) is 73.6 Å². The highest BCUT2D eigenvalue weighted by molar-refractivity contribution is 5.94. The summed E-state index contributed by atoms with van der Waals surface area (Å²) in [5.74, 6) is 0.487. The van der Waals surface area contributed by atoms with E-state index in [0.29, 0.717) is 23.5 Å². The third-order valence-electron chi connectivity index (χ3n) is 4.07. The third kappa shape index (κ3) is 5.59. The van der Waals surface area contributed by atoms with Gasteiger partial charge in [-0.2, -0.15) is 0 Å². The zero-order valence-corrected chi connectivity index (χ0v) is 14.7. The minimum atomic E-state index is -0.411. The molecule has 1 aromatic carbocycles. The number of methoxy groups -OCH3 is 1. The second-order valence-corrected chi connectivity index (χ2v) is 5.74. The molecule has 6 heteroatoms. The van der Waals surface area contributed by atoms with Crippen molar-refractivity contribution < 1.29 is 14.3 Å². The molecule has 2 rings (SSSR count). The van der Waals surface area contributed by atoms with Crippen LogP contribution in [0.5, 0.6) is 5.75 Å². The molecule has 0 aromatic heterocycles. The van der Waals surface area contributed by atoms with Crippen molar-refractivity contribution in [2.45, 2.75) is 57.7 Å². The molecule has 0 spiro atoms. The first kappa shape index (κ1) is 19.6. The Morgan fingerprint density at radius 1 is 1.35 bits per heavy atom. The van der Waals surface area contributed by atoms with Gasteiger partial charge in [-0.3, -0.25) is 4.79 Å². The number of carbonyl (C=O) groups is 1. The molecule has 0 aliphatic heterocycles. The highest BCUT2D eigenvalue weighted by atomic mass is 35.5. The van der Waals surface area contributed by atoms with Gasteiger partial charge in [0.05, 0.1) is 18.9 Å². The van der Waals surface area contributed by atoms with Crippen LogP contribution in [0.4, 0.5) is 11.4 Å². The van der Waals surface area contributed by atoms with Crippen LogP contribution in [0, 0.1) is 0 Å². The lowest BCUT2D eigenvalue weighted by Crippen LogP contribution is -2.34. The van der Waals surface area contributed by atoms with Crippen molar-refractivity contribution in [3.05, 3.63) is 18.2 Å². The molecule has 0 saturated heterocycles. The van der Waals surface area contributed by atoms with Crippen LogP contribution in [-0.4, -0.2) is 25.2 Å². The lowest BCUT2D eigenvalue weighted by atomic mass is 9.97. The van der Waals surface area contributed by atoms with E-state index in [1.807, 2.05) is 6.92 Å². The summed E-state index contributed by atoms with van der Waals surface area (Å²) in [6.07, 6.45) is 6.23. The molecule has 1 unspecified atom stereocenters. The first-order valence-electron chi connectivity index (χ1n) is 8.04. The fourth-order valence-electron chi connectivity index (χ4n) is 2.81. The predicted molar refractivity (Wildman–Crippen MR) is 95.3 cm³/mol. The smallest absolute Gasteiger partial charge is 0.253 e. The van der Waals surface area contributed by atoms with Crippen molar-refractivity contribution in [1.82, 2.24) is 0 Å². The second kappa shape index (κ2) is 9.63. The summed E-state index contributed by atoms with van der Waals surface area (Å²) in [6.45, 7) is 1.97. The first-order valence-corrected chi connectivity index (χ1v) is 8.04. The number of halogens is 1. The third-order valence-corrected chi connectivity index (χ3v) is 4.07. The van der Waals surface area contributed by atoms with Crippen molar-refractivity contribution in [3.63, 3.8) is 0 Å². The number of carbonyl (C=O) groups excluding carboxylic acids is 1. The van der Waals surface area contributed by atoms with Gasteiger partial charge in [-0.15, -0.1) is 12.4 Å². The number of anilines is 2. The zero-order chi connectivity index (χ0) is 15.9. The van der Waals surface area contributed by atoms with E-state index in [0.717, 1.165) is 12.8 Å². The van der Waals surface area contributed by atoms with Crippen LogP contribution >= 0.6 is 12.4 Å². The lowest BCUT2D eigenvalue weighted by Gasteiger charge is -2.26. The van der Waals surface area contributed by atoms with Crippen LogP contribution in [0.3, 0.4) is 0 Å². The Morgan fingerprint density at radius 2 is 2.04 bits per heavy atom. The Bertz CT molecular complexity index is 505. The van der Waals surface area contributed by atoms with Crippen LogP contribution in [0.25, 0.3) is 0 Å². The summed E-state index contributed by atoms with van der Waals surface area (Å²) in [7, 11) is 1.56. The van der Waals surface area contributed by atoms with Crippen molar-refractivity contribution in [1.29, 1.82) is 0 Å². The SMILES string of the molecule is CCC(OC1CCCCC1)C(=O)Nc1ccc(OC)c(N)c1.Cl. The number of nitrogen functional groups attached to an aromatic ring is 1. The molecule has 5 nitrogen and oxygen atoms in total. The van der Waals surface area contributed by atoms with E-state index in [-0.39, 0.29) is 24.4 Å². The number of rotatable bonds is 6. The fourth-order valence-corrected chi connectivity index (χ4v) is 2.81. The predicted octanol–water partition coefficient (Wildman–Crippen LogP) is 3.77. The minimum Gasteiger partial charge on any atom is -0.495 e. The van der Waals surface area contributed by atoms with Gasteiger partial charge in [0.2, 0.25) is 0 Å². The maximum Gasteiger partial charge on any atom is 0.253 e. The molecule has 23 heavy (non-hydrogen) atoms. The van der Waals surface area contributed by atoms with E-state index in [1.165, 1.54) is 19.3 Å². The number of nitrogens with two attached hydrogens (primary N) is 1. The van der Waals surface area contributed by atoms with E-state index >= 15 is 0 Å². The maximum atomic E-state index is 12.4. The van der Waals surface area contributed by atoms with Crippen LogP contribution < -0.4 is 15.8 Å². The standard InChI is InChI=1S/C17H26N2O3.ClH/c1-3-15(22-13-7-5-4-6-8-13)17(20)19-12-9-10-16(21-2)14(18)11-12;/h9-11,13,15H,3-8,18H2,1-2H3,(H,19,20);1H. The lowest BCUT2D eigenvalue weighted by molar-refractivity contribution is -0.132. The van der Waals surface area contributed by atoms with Gasteiger partial charge in [-0.25, -0.2) is 0 Å².